The standard InChI is InChI=1S/C15H16FN3O2/c16-11-4-1-3-10(7-11)8-18-14(20)13-9-21-15(19-13)12-5-2-6-17-12/h1,3-4,7,9,12,17H,2,5-6,8H2,(H,18,20). The molecule has 1 aromatic heterocycles. The Hall–Kier alpha value is -2.21. The Kier molecular flexibility index (Phi) is 3.96. The number of aromatic nitrogens is 1. The molecular weight excluding hydrogens is 273 g/mol. The molecule has 1 unspecified atom stereocenters. The second-order valence-corrected chi connectivity index (χ2v) is 5.03. The molecule has 2 N–H and O–H groups in total. The summed E-state index contributed by atoms with van der Waals surface area (Å²) in [5.74, 6) is -0.103. The van der Waals surface area contributed by atoms with Crippen molar-refractivity contribution >= 4 is 5.91 Å². The number of carbonyl (C=O) groups is 1. The molecule has 1 aromatic carbocycles. The lowest BCUT2D eigenvalue weighted by atomic mass is 10.2. The fraction of sp³-hybridized carbons (Fsp3) is 0.333. The van der Waals surface area contributed by atoms with Gasteiger partial charge in [-0.3, -0.25) is 4.79 Å². The number of hydrogen-bond acceptors (Lipinski definition) is 4. The van der Waals surface area contributed by atoms with E-state index >= 15 is 0 Å². The lowest BCUT2D eigenvalue weighted by Crippen LogP contribution is -2.23. The summed E-state index contributed by atoms with van der Waals surface area (Å²) >= 11 is 0. The van der Waals surface area contributed by atoms with E-state index in [-0.39, 0.29) is 30.0 Å². The van der Waals surface area contributed by atoms with E-state index in [0.29, 0.717) is 11.5 Å². The predicted octanol–water partition coefficient (Wildman–Crippen LogP) is 2.17. The zero-order valence-corrected chi connectivity index (χ0v) is 11.4. The summed E-state index contributed by atoms with van der Waals surface area (Å²) in [5.41, 5.74) is 0.944. The normalized spacial score (nSPS) is 17.9. The van der Waals surface area contributed by atoms with Gasteiger partial charge in [-0.05, 0) is 37.1 Å². The average Bonchev–Trinajstić information content (AvgIpc) is 3.15. The van der Waals surface area contributed by atoms with Crippen LogP contribution >= 0.6 is 0 Å². The van der Waals surface area contributed by atoms with Crippen molar-refractivity contribution < 1.29 is 13.6 Å². The summed E-state index contributed by atoms with van der Waals surface area (Å²) in [6, 6.07) is 6.20. The van der Waals surface area contributed by atoms with Gasteiger partial charge < -0.3 is 15.1 Å². The van der Waals surface area contributed by atoms with Crippen molar-refractivity contribution in [2.75, 3.05) is 6.54 Å². The van der Waals surface area contributed by atoms with E-state index in [9.17, 15) is 9.18 Å². The van der Waals surface area contributed by atoms with Gasteiger partial charge in [0.1, 0.15) is 12.1 Å². The first kappa shape index (κ1) is 13.8. The van der Waals surface area contributed by atoms with Crippen LogP contribution in [0, 0.1) is 5.82 Å². The molecule has 0 radical (unpaired) electrons. The highest BCUT2D eigenvalue weighted by Gasteiger charge is 2.22. The Labute approximate surface area is 121 Å². The molecule has 2 heterocycles. The summed E-state index contributed by atoms with van der Waals surface area (Å²) < 4.78 is 18.4. The number of benzene rings is 1. The van der Waals surface area contributed by atoms with Crippen molar-refractivity contribution in [1.29, 1.82) is 0 Å². The second kappa shape index (κ2) is 6.05. The van der Waals surface area contributed by atoms with Crippen LogP contribution in [0.5, 0.6) is 0 Å². The summed E-state index contributed by atoms with van der Waals surface area (Å²) in [7, 11) is 0. The third kappa shape index (κ3) is 3.28. The Balaban J connectivity index is 1.60. The first-order chi connectivity index (χ1) is 10.2. The molecule has 2 aromatic rings. The van der Waals surface area contributed by atoms with Gasteiger partial charge in [-0.25, -0.2) is 9.37 Å². The Morgan fingerprint density at radius 1 is 1.52 bits per heavy atom. The number of amides is 1. The van der Waals surface area contributed by atoms with Crippen molar-refractivity contribution in [3.63, 3.8) is 0 Å². The van der Waals surface area contributed by atoms with Crippen molar-refractivity contribution in [2.45, 2.75) is 25.4 Å². The van der Waals surface area contributed by atoms with E-state index in [1.165, 1.54) is 18.4 Å². The van der Waals surface area contributed by atoms with E-state index in [4.69, 9.17) is 4.42 Å². The van der Waals surface area contributed by atoms with Crippen LogP contribution in [0.25, 0.3) is 0 Å². The maximum Gasteiger partial charge on any atom is 0.273 e. The minimum absolute atomic E-state index is 0.0924. The first-order valence-corrected chi connectivity index (χ1v) is 6.94. The highest BCUT2D eigenvalue weighted by molar-refractivity contribution is 5.91. The topological polar surface area (TPSA) is 67.2 Å². The molecule has 1 saturated heterocycles. The van der Waals surface area contributed by atoms with Crippen LogP contribution in [-0.4, -0.2) is 17.4 Å². The van der Waals surface area contributed by atoms with Crippen molar-refractivity contribution in [2.24, 2.45) is 0 Å². The van der Waals surface area contributed by atoms with E-state index < -0.39 is 0 Å². The Morgan fingerprint density at radius 3 is 3.19 bits per heavy atom. The SMILES string of the molecule is O=C(NCc1cccc(F)c1)c1coc(C2CCCN2)n1. The van der Waals surface area contributed by atoms with Gasteiger partial charge in [0.25, 0.3) is 5.91 Å². The largest absolute Gasteiger partial charge is 0.446 e. The summed E-state index contributed by atoms with van der Waals surface area (Å²) in [6.45, 7) is 1.19. The number of halogens is 1. The van der Waals surface area contributed by atoms with Crippen molar-refractivity contribution in [3.05, 3.63) is 53.5 Å². The highest BCUT2D eigenvalue weighted by Crippen LogP contribution is 2.22. The number of rotatable bonds is 4. The van der Waals surface area contributed by atoms with Gasteiger partial charge >= 0.3 is 0 Å². The maximum absolute atomic E-state index is 13.0. The number of nitrogens with zero attached hydrogens (tertiary/aromatic N) is 1. The number of nitrogens with one attached hydrogen (secondary N) is 2. The molecular formula is C15H16FN3O2. The Morgan fingerprint density at radius 2 is 2.43 bits per heavy atom. The van der Waals surface area contributed by atoms with Gasteiger partial charge in [0.15, 0.2) is 5.69 Å². The zero-order chi connectivity index (χ0) is 14.7. The molecule has 1 atom stereocenters. The molecule has 1 aliphatic heterocycles. The summed E-state index contributed by atoms with van der Waals surface area (Å²) in [5, 5.41) is 5.96. The van der Waals surface area contributed by atoms with Crippen LogP contribution in [0.15, 0.2) is 34.9 Å². The molecule has 1 aliphatic rings. The smallest absolute Gasteiger partial charge is 0.273 e. The van der Waals surface area contributed by atoms with Crippen LogP contribution < -0.4 is 10.6 Å². The fourth-order valence-corrected chi connectivity index (χ4v) is 2.37. The fourth-order valence-electron chi connectivity index (χ4n) is 2.37. The lowest BCUT2D eigenvalue weighted by molar-refractivity contribution is 0.0946. The van der Waals surface area contributed by atoms with Gasteiger partial charge in [0.2, 0.25) is 5.89 Å². The molecule has 5 nitrogen and oxygen atoms in total. The molecule has 1 fully saturated rings. The van der Waals surface area contributed by atoms with E-state index in [1.807, 2.05) is 0 Å². The zero-order valence-electron chi connectivity index (χ0n) is 11.4. The van der Waals surface area contributed by atoms with E-state index in [1.54, 1.807) is 12.1 Å². The molecule has 110 valence electrons. The van der Waals surface area contributed by atoms with Gasteiger partial charge in [-0.2, -0.15) is 0 Å². The number of oxazole rings is 1. The van der Waals surface area contributed by atoms with Crippen molar-refractivity contribution in [1.82, 2.24) is 15.6 Å². The molecule has 1 amide bonds. The quantitative estimate of drug-likeness (QED) is 0.905. The van der Waals surface area contributed by atoms with Crippen LogP contribution in [0.1, 0.15) is 40.8 Å². The lowest BCUT2D eigenvalue weighted by Gasteiger charge is -2.04. The van der Waals surface area contributed by atoms with Gasteiger partial charge in [-0.15, -0.1) is 0 Å². The third-order valence-corrected chi connectivity index (χ3v) is 3.46. The minimum Gasteiger partial charge on any atom is -0.446 e. The molecule has 0 saturated carbocycles. The number of carbonyl (C=O) groups excluding carboxylic acids is 1. The molecule has 0 bridgehead atoms. The van der Waals surface area contributed by atoms with Crippen LogP contribution in [-0.2, 0) is 6.54 Å². The molecule has 0 aliphatic carbocycles. The Bertz CT molecular complexity index is 635. The first-order valence-electron chi connectivity index (χ1n) is 6.94. The molecule has 6 heteroatoms. The van der Waals surface area contributed by atoms with Crippen LogP contribution in [0.4, 0.5) is 4.39 Å². The van der Waals surface area contributed by atoms with Crippen LogP contribution in [0.3, 0.4) is 0 Å². The van der Waals surface area contributed by atoms with Gasteiger partial charge in [-0.1, -0.05) is 12.1 Å². The molecule has 3 rings (SSSR count). The molecule has 0 spiro atoms. The van der Waals surface area contributed by atoms with E-state index in [0.717, 1.165) is 19.4 Å². The summed E-state index contributed by atoms with van der Waals surface area (Å²) in [6.07, 6.45) is 3.40. The predicted molar refractivity (Wildman–Crippen MR) is 74.1 cm³/mol. The van der Waals surface area contributed by atoms with E-state index in [2.05, 4.69) is 15.6 Å². The maximum atomic E-state index is 13.0. The van der Waals surface area contributed by atoms with Crippen molar-refractivity contribution in [3.8, 4) is 0 Å². The average molecular weight is 289 g/mol. The second-order valence-electron chi connectivity index (χ2n) is 5.03. The van der Waals surface area contributed by atoms with Crippen LogP contribution in [0.2, 0.25) is 0 Å². The monoisotopic (exact) mass is 289 g/mol. The highest BCUT2D eigenvalue weighted by atomic mass is 19.1. The van der Waals surface area contributed by atoms with Gasteiger partial charge in [0, 0.05) is 6.54 Å². The summed E-state index contributed by atoms with van der Waals surface area (Å²) in [4.78, 5) is 16.2. The molecule has 21 heavy (non-hydrogen) atoms. The minimum atomic E-state index is -0.327. The van der Waals surface area contributed by atoms with Gasteiger partial charge in [0.05, 0.1) is 6.04 Å². The number of hydrogen-bond donors (Lipinski definition) is 2. The third-order valence-electron chi connectivity index (χ3n) is 3.46.